The molecule has 0 fully saturated rings. The number of fused-ring (bicyclic) bond motifs is 1. The third-order valence-electron chi connectivity index (χ3n) is 3.43. The molecule has 3 rings (SSSR count). The second kappa shape index (κ2) is 7.31. The van der Waals surface area contributed by atoms with Crippen LogP contribution in [0.3, 0.4) is 0 Å². The van der Waals surface area contributed by atoms with E-state index in [9.17, 15) is 4.79 Å². The van der Waals surface area contributed by atoms with Crippen LogP contribution in [0.25, 0.3) is 10.9 Å². The van der Waals surface area contributed by atoms with Crippen molar-refractivity contribution in [3.8, 4) is 5.88 Å². The lowest BCUT2D eigenvalue weighted by molar-refractivity contribution is -0.116. The summed E-state index contributed by atoms with van der Waals surface area (Å²) < 4.78 is 8.52. The van der Waals surface area contributed by atoms with Crippen LogP contribution in [0.1, 0.15) is 18.5 Å². The van der Waals surface area contributed by atoms with Gasteiger partial charge in [-0.25, -0.2) is 4.98 Å². The minimum atomic E-state index is -0.0541. The molecule has 0 aliphatic rings. The molecule has 1 N–H and O–H groups in total. The molecule has 3 aromatic rings. The summed E-state index contributed by atoms with van der Waals surface area (Å²) in [6, 6.07) is 5.94. The summed E-state index contributed by atoms with van der Waals surface area (Å²) in [5, 5.41) is 10.7. The smallest absolute Gasteiger partial charge is 0.240 e. The van der Waals surface area contributed by atoms with Crippen LogP contribution in [-0.2, 0) is 11.8 Å². The number of amides is 1. The Morgan fingerprint density at radius 2 is 2.29 bits per heavy atom. The molecule has 1 aromatic carbocycles. The molecule has 0 spiro atoms. The van der Waals surface area contributed by atoms with E-state index in [2.05, 4.69) is 31.3 Å². The fourth-order valence-electron chi connectivity index (χ4n) is 2.31. The van der Waals surface area contributed by atoms with Crippen LogP contribution in [0.5, 0.6) is 5.88 Å². The number of ether oxygens (including phenoxy) is 1. The number of halogens is 1. The summed E-state index contributed by atoms with van der Waals surface area (Å²) >= 11 is 4.89. The quantitative estimate of drug-likeness (QED) is 0.627. The van der Waals surface area contributed by atoms with Gasteiger partial charge in [0.05, 0.1) is 23.2 Å². The lowest BCUT2D eigenvalue weighted by Crippen LogP contribution is -2.12. The van der Waals surface area contributed by atoms with Crippen LogP contribution in [0.4, 0.5) is 5.13 Å². The van der Waals surface area contributed by atoms with Gasteiger partial charge in [-0.2, -0.15) is 0 Å². The molecule has 2 aromatic heterocycles. The Hall–Kier alpha value is -1.93. The van der Waals surface area contributed by atoms with Gasteiger partial charge < -0.3 is 10.1 Å². The molecule has 0 radical (unpaired) electrons. The van der Waals surface area contributed by atoms with E-state index in [1.54, 1.807) is 4.68 Å². The highest BCUT2D eigenvalue weighted by Gasteiger charge is 2.11. The van der Waals surface area contributed by atoms with Crippen LogP contribution in [0, 0.1) is 6.92 Å². The highest BCUT2D eigenvalue weighted by molar-refractivity contribution is 9.10. The Morgan fingerprint density at radius 1 is 1.46 bits per heavy atom. The molecule has 8 heteroatoms. The number of hydrogen-bond acceptors (Lipinski definition) is 5. The average Bonchev–Trinajstić information content (AvgIpc) is 3.07. The van der Waals surface area contributed by atoms with Gasteiger partial charge in [0.2, 0.25) is 11.8 Å². The molecule has 1 amide bonds. The number of rotatable bonds is 6. The number of anilines is 1. The Morgan fingerprint density at radius 3 is 3.04 bits per heavy atom. The molecule has 126 valence electrons. The van der Waals surface area contributed by atoms with Crippen molar-refractivity contribution in [2.24, 2.45) is 7.05 Å². The summed E-state index contributed by atoms with van der Waals surface area (Å²) in [5.41, 5.74) is 1.91. The highest BCUT2D eigenvalue weighted by atomic mass is 79.9. The van der Waals surface area contributed by atoms with E-state index in [1.807, 2.05) is 37.6 Å². The standard InChI is InChI=1S/C16H17BrN4O2S/c1-10-9-24-16(18-10)19-14(22)4-3-7-23-15-12-8-11(17)5-6-13(12)21(2)20-15/h5-6,8-9H,3-4,7H2,1-2H3,(H,18,19,22). The lowest BCUT2D eigenvalue weighted by atomic mass is 10.2. The Balaban J connectivity index is 1.51. The molecule has 0 saturated carbocycles. The largest absolute Gasteiger partial charge is 0.476 e. The van der Waals surface area contributed by atoms with Crippen LogP contribution in [0.15, 0.2) is 28.1 Å². The van der Waals surface area contributed by atoms with Crippen LogP contribution in [0.2, 0.25) is 0 Å². The zero-order valence-corrected chi connectivity index (χ0v) is 15.8. The topological polar surface area (TPSA) is 69.0 Å². The average molecular weight is 409 g/mol. The maximum atomic E-state index is 11.9. The molecule has 0 aliphatic carbocycles. The van der Waals surface area contributed by atoms with E-state index in [-0.39, 0.29) is 5.91 Å². The number of nitrogens with one attached hydrogen (secondary N) is 1. The second-order valence-electron chi connectivity index (χ2n) is 5.38. The number of aryl methyl sites for hydroxylation is 2. The number of nitrogens with zero attached hydrogens (tertiary/aromatic N) is 3. The number of aromatic nitrogens is 3. The Bertz CT molecular complexity index is 874. The molecular weight excluding hydrogens is 392 g/mol. The first-order chi connectivity index (χ1) is 11.5. The Kier molecular flexibility index (Phi) is 5.15. The van der Waals surface area contributed by atoms with Crippen molar-refractivity contribution in [1.82, 2.24) is 14.8 Å². The number of carbonyl (C=O) groups excluding carboxylic acids is 1. The van der Waals surface area contributed by atoms with Crippen molar-refractivity contribution >= 4 is 49.2 Å². The van der Waals surface area contributed by atoms with E-state index in [1.165, 1.54) is 11.3 Å². The first-order valence-electron chi connectivity index (χ1n) is 7.50. The van der Waals surface area contributed by atoms with E-state index in [0.29, 0.717) is 30.5 Å². The van der Waals surface area contributed by atoms with Crippen molar-refractivity contribution in [3.05, 3.63) is 33.7 Å². The molecular formula is C16H17BrN4O2S. The van der Waals surface area contributed by atoms with Crippen molar-refractivity contribution in [3.63, 3.8) is 0 Å². The zero-order valence-electron chi connectivity index (χ0n) is 13.4. The predicted octanol–water partition coefficient (Wildman–Crippen LogP) is 3.90. The van der Waals surface area contributed by atoms with E-state index >= 15 is 0 Å². The van der Waals surface area contributed by atoms with Gasteiger partial charge in [0.25, 0.3) is 0 Å². The molecule has 0 saturated heterocycles. The summed E-state index contributed by atoms with van der Waals surface area (Å²) in [6.45, 7) is 2.33. The summed E-state index contributed by atoms with van der Waals surface area (Å²) in [5.74, 6) is 0.534. The minimum absolute atomic E-state index is 0.0541. The normalized spacial score (nSPS) is 11.0. The van der Waals surface area contributed by atoms with Gasteiger partial charge in [0.1, 0.15) is 0 Å². The maximum absolute atomic E-state index is 11.9. The van der Waals surface area contributed by atoms with Gasteiger partial charge in [-0.05, 0) is 31.5 Å². The number of hydrogen-bond donors (Lipinski definition) is 1. The van der Waals surface area contributed by atoms with E-state index in [4.69, 9.17) is 4.74 Å². The number of benzene rings is 1. The van der Waals surface area contributed by atoms with E-state index < -0.39 is 0 Å². The fraction of sp³-hybridized carbons (Fsp3) is 0.312. The highest BCUT2D eigenvalue weighted by Crippen LogP contribution is 2.27. The molecule has 6 nitrogen and oxygen atoms in total. The van der Waals surface area contributed by atoms with Gasteiger partial charge in [0, 0.05) is 23.3 Å². The summed E-state index contributed by atoms with van der Waals surface area (Å²) in [6.07, 6.45) is 0.995. The Labute approximate surface area is 152 Å². The maximum Gasteiger partial charge on any atom is 0.240 e. The van der Waals surface area contributed by atoms with Gasteiger partial charge in [-0.15, -0.1) is 16.4 Å². The SMILES string of the molecule is Cc1csc(NC(=O)CCCOc2nn(C)c3ccc(Br)cc23)n1. The zero-order chi connectivity index (χ0) is 17.1. The van der Waals surface area contributed by atoms with Crippen molar-refractivity contribution in [1.29, 1.82) is 0 Å². The molecule has 0 aliphatic heterocycles. The van der Waals surface area contributed by atoms with Crippen LogP contribution in [-0.4, -0.2) is 27.3 Å². The van der Waals surface area contributed by atoms with Crippen LogP contribution >= 0.6 is 27.3 Å². The van der Waals surface area contributed by atoms with Crippen molar-refractivity contribution < 1.29 is 9.53 Å². The summed E-state index contributed by atoms with van der Waals surface area (Å²) in [4.78, 5) is 16.1. The van der Waals surface area contributed by atoms with E-state index in [0.717, 1.165) is 21.1 Å². The third kappa shape index (κ3) is 3.93. The van der Waals surface area contributed by atoms with Gasteiger partial charge in [-0.3, -0.25) is 9.48 Å². The van der Waals surface area contributed by atoms with Crippen LogP contribution < -0.4 is 10.1 Å². The number of carbonyl (C=O) groups is 1. The predicted molar refractivity (Wildman–Crippen MR) is 98.6 cm³/mol. The molecule has 0 atom stereocenters. The second-order valence-corrected chi connectivity index (χ2v) is 7.16. The third-order valence-corrected chi connectivity index (χ3v) is 4.80. The first kappa shape index (κ1) is 16.9. The molecule has 0 bridgehead atoms. The molecule has 0 unspecified atom stereocenters. The number of thiazole rings is 1. The lowest BCUT2D eigenvalue weighted by Gasteiger charge is -2.04. The van der Waals surface area contributed by atoms with Crippen molar-refractivity contribution in [2.45, 2.75) is 19.8 Å². The monoisotopic (exact) mass is 408 g/mol. The van der Waals surface area contributed by atoms with Gasteiger partial charge >= 0.3 is 0 Å². The summed E-state index contributed by atoms with van der Waals surface area (Å²) in [7, 11) is 1.88. The van der Waals surface area contributed by atoms with Gasteiger partial charge in [0.15, 0.2) is 5.13 Å². The fourth-order valence-corrected chi connectivity index (χ4v) is 3.37. The minimum Gasteiger partial charge on any atom is -0.476 e. The van der Waals surface area contributed by atoms with Gasteiger partial charge in [-0.1, -0.05) is 15.9 Å². The molecule has 24 heavy (non-hydrogen) atoms. The first-order valence-corrected chi connectivity index (χ1v) is 9.17. The van der Waals surface area contributed by atoms with Crippen molar-refractivity contribution in [2.75, 3.05) is 11.9 Å². The molecule has 2 heterocycles.